The lowest BCUT2D eigenvalue weighted by atomic mass is 10.2. The van der Waals surface area contributed by atoms with E-state index in [1.54, 1.807) is 20.8 Å². The summed E-state index contributed by atoms with van der Waals surface area (Å²) >= 11 is 1.22. The smallest absolute Gasteiger partial charge is 0.459 e. The molecule has 2 atom stereocenters. The van der Waals surface area contributed by atoms with Gasteiger partial charge in [0.15, 0.2) is 5.71 Å². The Kier molecular flexibility index (Phi) is 6.59. The molecule has 174 valence electrons. The van der Waals surface area contributed by atoms with Crippen LogP contribution in [0, 0.1) is 0 Å². The van der Waals surface area contributed by atoms with Gasteiger partial charge in [-0.1, -0.05) is 11.8 Å². The Morgan fingerprint density at radius 2 is 1.91 bits per heavy atom. The molecule has 0 aromatic carbocycles. The molecule has 0 saturated heterocycles. The molecule has 0 radical (unpaired) electrons. The second-order valence-corrected chi connectivity index (χ2v) is 8.73. The van der Waals surface area contributed by atoms with Crippen LogP contribution in [-0.2, 0) is 19.1 Å². The Labute approximate surface area is 184 Å². The third-order valence-electron chi connectivity index (χ3n) is 3.90. The van der Waals surface area contributed by atoms with Crippen molar-refractivity contribution in [2.45, 2.75) is 44.2 Å². The number of fused-ring (bicyclic) bond motifs is 1. The number of amides is 1. The molecule has 11 nitrogen and oxygen atoms in total. The number of hydrogen-bond donors (Lipinski definition) is 2. The number of hydrazone groups is 1. The predicted molar refractivity (Wildman–Crippen MR) is 109 cm³/mol. The van der Waals surface area contributed by atoms with Gasteiger partial charge >= 0.3 is 12.3 Å². The third-order valence-corrected chi connectivity index (χ3v) is 5.20. The Balaban J connectivity index is 1.68. The highest BCUT2D eigenvalue weighted by Crippen LogP contribution is 2.37. The van der Waals surface area contributed by atoms with Gasteiger partial charge in [0, 0.05) is 18.0 Å². The number of ether oxygens (including phenoxy) is 2. The maximum atomic E-state index is 12.2. The molecule has 32 heavy (non-hydrogen) atoms. The number of alkyl halides is 3. The lowest BCUT2D eigenvalue weighted by molar-refractivity contribution is -0.321. The van der Waals surface area contributed by atoms with Gasteiger partial charge in [-0.2, -0.15) is 5.10 Å². The van der Waals surface area contributed by atoms with Crippen molar-refractivity contribution in [3.05, 3.63) is 18.0 Å². The second kappa shape index (κ2) is 8.90. The van der Waals surface area contributed by atoms with Crippen LogP contribution in [0.3, 0.4) is 0 Å². The van der Waals surface area contributed by atoms with E-state index in [0.29, 0.717) is 10.6 Å². The zero-order valence-electron chi connectivity index (χ0n) is 17.2. The maximum Gasteiger partial charge on any atom is 0.524 e. The molecule has 0 aliphatic carbocycles. The van der Waals surface area contributed by atoms with Crippen molar-refractivity contribution in [1.29, 1.82) is 0 Å². The van der Waals surface area contributed by atoms with Crippen molar-refractivity contribution >= 4 is 40.3 Å². The zero-order valence-corrected chi connectivity index (χ0v) is 18.0. The van der Waals surface area contributed by atoms with Gasteiger partial charge in [0.2, 0.25) is 5.95 Å². The van der Waals surface area contributed by atoms with E-state index in [0.717, 1.165) is 0 Å². The first kappa shape index (κ1) is 23.7. The number of halogens is 3. The molecule has 15 heteroatoms. The summed E-state index contributed by atoms with van der Waals surface area (Å²) in [6.07, 6.45) is -2.06. The van der Waals surface area contributed by atoms with Gasteiger partial charge in [0.25, 0.3) is 5.91 Å². The molecule has 0 bridgehead atoms. The van der Waals surface area contributed by atoms with E-state index in [1.807, 2.05) is 0 Å². The Morgan fingerprint density at radius 1 is 1.25 bits per heavy atom. The van der Waals surface area contributed by atoms with Crippen LogP contribution in [0.2, 0.25) is 0 Å². The standard InChI is InChI=1S/C17H20F3N7O4S/c1-16(2,3)31-9(28)6-27-14-11(10(26-27)12(21)29)25-13(32-14)8-4-22-15(23-5-8)24-7-30-17(18,19)20/h4-5,11,14H,6-7H2,1-3H3,(H2,21,29)(H,22,23,24). The fourth-order valence-electron chi connectivity index (χ4n) is 2.76. The van der Waals surface area contributed by atoms with Gasteiger partial charge in [-0.05, 0) is 20.8 Å². The third kappa shape index (κ3) is 6.06. The zero-order chi connectivity index (χ0) is 23.7. The first-order valence-corrected chi connectivity index (χ1v) is 10.1. The molecule has 2 aliphatic heterocycles. The van der Waals surface area contributed by atoms with Crippen LogP contribution in [0.25, 0.3) is 0 Å². The summed E-state index contributed by atoms with van der Waals surface area (Å²) in [5.74, 6) is -1.37. The Bertz CT molecular complexity index is 947. The van der Waals surface area contributed by atoms with Crippen LogP contribution in [0.15, 0.2) is 22.5 Å². The highest BCUT2D eigenvalue weighted by molar-refractivity contribution is 8.15. The van der Waals surface area contributed by atoms with Gasteiger partial charge in [-0.25, -0.2) is 9.97 Å². The molecule has 1 amide bonds. The van der Waals surface area contributed by atoms with E-state index in [4.69, 9.17) is 10.5 Å². The van der Waals surface area contributed by atoms with Crippen LogP contribution in [0.1, 0.15) is 26.3 Å². The quantitative estimate of drug-likeness (QED) is 0.437. The number of rotatable bonds is 7. The van der Waals surface area contributed by atoms with E-state index in [1.165, 1.54) is 29.2 Å². The highest BCUT2D eigenvalue weighted by Gasteiger charge is 2.46. The van der Waals surface area contributed by atoms with Crippen molar-refractivity contribution in [2.24, 2.45) is 15.8 Å². The van der Waals surface area contributed by atoms with Crippen LogP contribution < -0.4 is 11.1 Å². The number of esters is 1. The topological polar surface area (TPSA) is 144 Å². The number of thioether (sulfide) groups is 1. The molecule has 2 unspecified atom stereocenters. The number of nitrogens with zero attached hydrogens (tertiary/aromatic N) is 5. The lowest BCUT2D eigenvalue weighted by Crippen LogP contribution is -2.38. The minimum atomic E-state index is -4.77. The second-order valence-electron chi connectivity index (χ2n) is 7.63. The molecule has 0 fully saturated rings. The number of anilines is 1. The molecule has 1 aromatic heterocycles. The van der Waals surface area contributed by atoms with Gasteiger partial charge in [-0.3, -0.25) is 24.3 Å². The number of aromatic nitrogens is 2. The molecule has 3 rings (SSSR count). The predicted octanol–water partition coefficient (Wildman–Crippen LogP) is 1.07. The van der Waals surface area contributed by atoms with Crippen molar-refractivity contribution < 1.29 is 32.2 Å². The van der Waals surface area contributed by atoms with E-state index in [2.05, 4.69) is 30.1 Å². The van der Waals surface area contributed by atoms with Crippen LogP contribution >= 0.6 is 11.8 Å². The monoisotopic (exact) mass is 475 g/mol. The average Bonchev–Trinajstić information content (AvgIpc) is 3.20. The van der Waals surface area contributed by atoms with Crippen molar-refractivity contribution in [3.63, 3.8) is 0 Å². The fraction of sp³-hybridized carbons (Fsp3) is 0.529. The molecular formula is C17H20F3N7O4S. The maximum absolute atomic E-state index is 12.2. The molecule has 3 heterocycles. The minimum absolute atomic E-state index is 0.00423. The number of carbonyl (C=O) groups is 2. The van der Waals surface area contributed by atoms with Gasteiger partial charge in [0.05, 0.1) is 0 Å². The largest absolute Gasteiger partial charge is 0.524 e. The van der Waals surface area contributed by atoms with E-state index < -0.39 is 42.0 Å². The minimum Gasteiger partial charge on any atom is -0.459 e. The first-order valence-electron chi connectivity index (χ1n) is 9.20. The fourth-order valence-corrected chi connectivity index (χ4v) is 3.96. The Hall–Kier alpha value is -2.94. The molecular weight excluding hydrogens is 455 g/mol. The van der Waals surface area contributed by atoms with E-state index in [9.17, 15) is 22.8 Å². The van der Waals surface area contributed by atoms with E-state index in [-0.39, 0.29) is 18.2 Å². The highest BCUT2D eigenvalue weighted by atomic mass is 32.2. The van der Waals surface area contributed by atoms with Crippen LogP contribution in [0.4, 0.5) is 19.1 Å². The number of carbonyl (C=O) groups excluding carboxylic acids is 2. The number of nitrogens with one attached hydrogen (secondary N) is 1. The van der Waals surface area contributed by atoms with Gasteiger partial charge in [0.1, 0.15) is 35.3 Å². The van der Waals surface area contributed by atoms with Crippen molar-refractivity contribution in [3.8, 4) is 0 Å². The van der Waals surface area contributed by atoms with Crippen LogP contribution in [-0.4, -0.2) is 74.3 Å². The normalized spacial score (nSPS) is 20.5. The van der Waals surface area contributed by atoms with Gasteiger partial charge in [-0.15, -0.1) is 13.2 Å². The van der Waals surface area contributed by atoms with Gasteiger partial charge < -0.3 is 15.8 Å². The molecule has 2 aliphatic rings. The summed E-state index contributed by atoms with van der Waals surface area (Å²) < 4.78 is 45.0. The molecule has 1 aromatic rings. The number of primary amides is 1. The summed E-state index contributed by atoms with van der Waals surface area (Å²) in [5, 5.41) is 7.77. The summed E-state index contributed by atoms with van der Waals surface area (Å²) in [6, 6.07) is -0.701. The number of aliphatic imine (C=N–C) groups is 1. The van der Waals surface area contributed by atoms with E-state index >= 15 is 0 Å². The molecule has 3 N–H and O–H groups in total. The van der Waals surface area contributed by atoms with Crippen molar-refractivity contribution in [2.75, 3.05) is 18.6 Å². The van der Waals surface area contributed by atoms with Crippen LogP contribution in [0.5, 0.6) is 0 Å². The molecule has 0 spiro atoms. The molecule has 0 saturated carbocycles. The average molecular weight is 475 g/mol. The first-order chi connectivity index (χ1) is 14.8. The summed E-state index contributed by atoms with van der Waals surface area (Å²) in [6.45, 7) is 4.14. The Morgan fingerprint density at radius 3 is 2.47 bits per heavy atom. The number of hydrogen-bond acceptors (Lipinski definition) is 11. The number of nitrogens with two attached hydrogens (primary N) is 1. The lowest BCUT2D eigenvalue weighted by Gasteiger charge is -2.24. The SMILES string of the molecule is CC(C)(C)OC(=O)CN1N=C(C(N)=O)C2N=C(c3cnc(NCOC(F)(F)F)nc3)SC21. The summed E-state index contributed by atoms with van der Waals surface area (Å²) in [7, 11) is 0. The van der Waals surface area contributed by atoms with Crippen molar-refractivity contribution in [1.82, 2.24) is 15.0 Å². The summed E-state index contributed by atoms with van der Waals surface area (Å²) in [4.78, 5) is 36.3. The summed E-state index contributed by atoms with van der Waals surface area (Å²) in [5.41, 5.74) is 5.20.